The van der Waals surface area contributed by atoms with Gasteiger partial charge < -0.3 is 9.53 Å². The van der Waals surface area contributed by atoms with Crippen LogP contribution in [-0.4, -0.2) is 19.4 Å². The second-order valence-electron chi connectivity index (χ2n) is 3.19. The van der Waals surface area contributed by atoms with Crippen molar-refractivity contribution in [1.29, 1.82) is 0 Å². The first kappa shape index (κ1) is 9.96. The van der Waals surface area contributed by atoms with Crippen LogP contribution in [-0.2, 0) is 14.3 Å². The molecule has 0 amide bonds. The molecule has 0 bridgehead atoms. The Morgan fingerprint density at radius 2 is 2.54 bits per heavy atom. The molecular formula is C10H14O3. The van der Waals surface area contributed by atoms with Gasteiger partial charge in [-0.3, -0.25) is 4.79 Å². The van der Waals surface area contributed by atoms with Crippen LogP contribution >= 0.6 is 0 Å². The predicted molar refractivity (Wildman–Crippen MR) is 48.1 cm³/mol. The van der Waals surface area contributed by atoms with Crippen LogP contribution in [0, 0.1) is 5.92 Å². The number of ether oxygens (including phenoxy) is 1. The molecule has 13 heavy (non-hydrogen) atoms. The maximum Gasteiger partial charge on any atom is 0.306 e. The summed E-state index contributed by atoms with van der Waals surface area (Å²) in [6.45, 7) is 0. The Bertz CT molecular complexity index is 230. The first-order valence-corrected chi connectivity index (χ1v) is 4.49. The fourth-order valence-electron chi connectivity index (χ4n) is 1.56. The Balaban J connectivity index is 2.51. The minimum absolute atomic E-state index is 0.186. The molecule has 0 radical (unpaired) electrons. The van der Waals surface area contributed by atoms with Gasteiger partial charge in [-0.2, -0.15) is 0 Å². The summed E-state index contributed by atoms with van der Waals surface area (Å²) in [5.41, 5.74) is 1.10. The highest BCUT2D eigenvalue weighted by Crippen LogP contribution is 2.26. The Morgan fingerprint density at radius 1 is 1.77 bits per heavy atom. The van der Waals surface area contributed by atoms with Crippen molar-refractivity contribution in [3.05, 3.63) is 11.6 Å². The van der Waals surface area contributed by atoms with E-state index in [0.29, 0.717) is 0 Å². The zero-order valence-electron chi connectivity index (χ0n) is 7.79. The number of carbonyl (C=O) groups excluding carboxylic acids is 2. The molecule has 72 valence electrons. The van der Waals surface area contributed by atoms with Gasteiger partial charge in [0, 0.05) is 5.92 Å². The molecule has 0 N–H and O–H groups in total. The first-order valence-electron chi connectivity index (χ1n) is 4.49. The number of esters is 1. The molecule has 1 atom stereocenters. The minimum atomic E-state index is -0.315. The van der Waals surface area contributed by atoms with Gasteiger partial charge in [0.05, 0.1) is 13.5 Å². The number of methoxy groups -OCH3 is 1. The molecule has 1 aliphatic carbocycles. The molecule has 1 unspecified atom stereocenters. The highest BCUT2D eigenvalue weighted by Gasteiger charge is 2.19. The number of aldehydes is 1. The summed E-state index contributed by atoms with van der Waals surface area (Å²) in [5, 5.41) is 0. The summed E-state index contributed by atoms with van der Waals surface area (Å²) >= 11 is 0. The molecule has 0 saturated heterocycles. The maximum absolute atomic E-state index is 10.9. The molecule has 0 aromatic rings. The van der Waals surface area contributed by atoms with E-state index < -0.39 is 0 Å². The van der Waals surface area contributed by atoms with Crippen LogP contribution in [0.15, 0.2) is 11.6 Å². The lowest BCUT2D eigenvalue weighted by molar-refractivity contribution is -0.142. The van der Waals surface area contributed by atoms with E-state index in [1.165, 1.54) is 7.11 Å². The van der Waals surface area contributed by atoms with E-state index in [2.05, 4.69) is 10.8 Å². The molecule has 3 heteroatoms. The minimum Gasteiger partial charge on any atom is -0.469 e. The average Bonchev–Trinajstić information content (AvgIpc) is 2.66. The van der Waals surface area contributed by atoms with Gasteiger partial charge in [0.25, 0.3) is 0 Å². The van der Waals surface area contributed by atoms with Crippen LogP contribution in [0.4, 0.5) is 0 Å². The molecule has 0 aromatic carbocycles. The van der Waals surface area contributed by atoms with Crippen molar-refractivity contribution >= 4 is 12.3 Å². The lowest BCUT2D eigenvalue weighted by atomic mass is 9.97. The second kappa shape index (κ2) is 4.80. The Hall–Kier alpha value is -1.12. The van der Waals surface area contributed by atoms with Gasteiger partial charge in [-0.1, -0.05) is 11.6 Å². The number of hydrogen-bond donors (Lipinski definition) is 0. The fourth-order valence-corrected chi connectivity index (χ4v) is 1.56. The normalized spacial score (nSPS) is 17.8. The van der Waals surface area contributed by atoms with Crippen molar-refractivity contribution in [2.45, 2.75) is 25.7 Å². The van der Waals surface area contributed by atoms with Gasteiger partial charge in [0.1, 0.15) is 6.29 Å². The van der Waals surface area contributed by atoms with Crippen molar-refractivity contribution in [2.75, 3.05) is 7.11 Å². The highest BCUT2D eigenvalue weighted by molar-refractivity contribution is 5.75. The Labute approximate surface area is 77.8 Å². The average molecular weight is 182 g/mol. The van der Waals surface area contributed by atoms with Gasteiger partial charge in [-0.15, -0.1) is 0 Å². The summed E-state index contributed by atoms with van der Waals surface area (Å²) in [6.07, 6.45) is 6.16. The number of rotatable bonds is 4. The van der Waals surface area contributed by atoms with E-state index in [4.69, 9.17) is 0 Å². The van der Waals surface area contributed by atoms with E-state index in [1.807, 2.05) is 0 Å². The first-order chi connectivity index (χ1) is 6.27. The van der Waals surface area contributed by atoms with Gasteiger partial charge in [-0.25, -0.2) is 0 Å². The van der Waals surface area contributed by atoms with E-state index in [-0.39, 0.29) is 18.3 Å². The standard InChI is InChI=1S/C10H14O3/c1-13-10(12)6-9(7-11)8-4-2-3-5-8/h4,7,9H,2-3,5-6H2,1H3. The van der Waals surface area contributed by atoms with Crippen molar-refractivity contribution in [3.63, 3.8) is 0 Å². The third-order valence-corrected chi connectivity index (χ3v) is 2.33. The molecule has 0 aliphatic heterocycles. The summed E-state index contributed by atoms with van der Waals surface area (Å²) < 4.78 is 4.52. The largest absolute Gasteiger partial charge is 0.469 e. The maximum atomic E-state index is 10.9. The van der Waals surface area contributed by atoms with Crippen LogP contribution in [0.25, 0.3) is 0 Å². The third kappa shape index (κ3) is 2.68. The molecule has 1 aliphatic rings. The molecule has 0 heterocycles. The lowest BCUT2D eigenvalue weighted by Gasteiger charge is -2.09. The lowest BCUT2D eigenvalue weighted by Crippen LogP contribution is -2.12. The molecule has 3 nitrogen and oxygen atoms in total. The van der Waals surface area contributed by atoms with Crippen molar-refractivity contribution in [1.82, 2.24) is 0 Å². The number of hydrogen-bond acceptors (Lipinski definition) is 3. The summed E-state index contributed by atoms with van der Waals surface area (Å²) in [5.74, 6) is -0.570. The zero-order chi connectivity index (χ0) is 9.68. The predicted octanol–water partition coefficient (Wildman–Crippen LogP) is 1.47. The topological polar surface area (TPSA) is 43.4 Å². The molecule has 0 aromatic heterocycles. The summed E-state index contributed by atoms with van der Waals surface area (Å²) in [4.78, 5) is 21.6. The van der Waals surface area contributed by atoms with Crippen LogP contribution < -0.4 is 0 Å². The fraction of sp³-hybridized carbons (Fsp3) is 0.600. The van der Waals surface area contributed by atoms with Crippen molar-refractivity contribution in [3.8, 4) is 0 Å². The van der Waals surface area contributed by atoms with Gasteiger partial charge in [-0.05, 0) is 19.3 Å². The molecular weight excluding hydrogens is 168 g/mol. The SMILES string of the molecule is COC(=O)CC(C=O)C1=CCCC1. The van der Waals surface area contributed by atoms with E-state index in [9.17, 15) is 9.59 Å². The summed E-state index contributed by atoms with van der Waals surface area (Å²) in [7, 11) is 1.34. The second-order valence-corrected chi connectivity index (χ2v) is 3.19. The zero-order valence-corrected chi connectivity index (χ0v) is 7.79. The highest BCUT2D eigenvalue weighted by atomic mass is 16.5. The smallest absolute Gasteiger partial charge is 0.306 e. The number of allylic oxidation sites excluding steroid dienone is 2. The van der Waals surface area contributed by atoms with Gasteiger partial charge in [0.2, 0.25) is 0 Å². The van der Waals surface area contributed by atoms with Gasteiger partial charge >= 0.3 is 5.97 Å². The number of carbonyl (C=O) groups is 2. The van der Waals surface area contributed by atoms with E-state index >= 15 is 0 Å². The molecule has 1 rings (SSSR count). The molecule has 0 spiro atoms. The van der Waals surface area contributed by atoms with Crippen LogP contribution in [0.2, 0.25) is 0 Å². The Morgan fingerprint density at radius 3 is 3.00 bits per heavy atom. The molecule has 0 fully saturated rings. The molecule has 0 saturated carbocycles. The van der Waals surface area contributed by atoms with Gasteiger partial charge in [0.15, 0.2) is 0 Å². The van der Waals surface area contributed by atoms with Crippen LogP contribution in [0.3, 0.4) is 0 Å². The van der Waals surface area contributed by atoms with E-state index in [1.54, 1.807) is 0 Å². The third-order valence-electron chi connectivity index (χ3n) is 2.33. The summed E-state index contributed by atoms with van der Waals surface area (Å²) in [6, 6.07) is 0. The van der Waals surface area contributed by atoms with E-state index in [0.717, 1.165) is 31.1 Å². The van der Waals surface area contributed by atoms with Crippen molar-refractivity contribution < 1.29 is 14.3 Å². The quantitative estimate of drug-likeness (QED) is 0.375. The Kier molecular flexibility index (Phi) is 3.68. The van der Waals surface area contributed by atoms with Crippen LogP contribution in [0.1, 0.15) is 25.7 Å². The van der Waals surface area contributed by atoms with Crippen LogP contribution in [0.5, 0.6) is 0 Å². The monoisotopic (exact) mass is 182 g/mol. The van der Waals surface area contributed by atoms with Crippen molar-refractivity contribution in [2.24, 2.45) is 5.92 Å².